The molecule has 0 bridgehead atoms. The summed E-state index contributed by atoms with van der Waals surface area (Å²) in [5, 5.41) is 10.5. The molecule has 1 atom stereocenters. The van der Waals surface area contributed by atoms with Crippen LogP contribution in [0.5, 0.6) is 0 Å². The Morgan fingerprint density at radius 3 is 2.89 bits per heavy atom. The van der Waals surface area contributed by atoms with E-state index in [1.165, 1.54) is 4.88 Å². The minimum atomic E-state index is -0.282. The summed E-state index contributed by atoms with van der Waals surface area (Å²) in [6.07, 6.45) is 4.73. The molecule has 2 rings (SSSR count). The Morgan fingerprint density at radius 1 is 1.58 bits per heavy atom. The first-order valence-corrected chi connectivity index (χ1v) is 7.18. The van der Waals surface area contributed by atoms with Crippen molar-refractivity contribution in [3.8, 4) is 0 Å². The molecule has 0 spiro atoms. The molecule has 102 valence electrons. The molecule has 1 aliphatic carbocycles. The second kappa shape index (κ2) is 5.32. The van der Waals surface area contributed by atoms with Crippen molar-refractivity contribution in [3.63, 3.8) is 0 Å². The second-order valence-corrected chi connectivity index (χ2v) is 6.53. The molecule has 1 heterocycles. The highest BCUT2D eigenvalue weighted by molar-refractivity contribution is 7.16. The number of aliphatic hydroxyl groups excluding tert-OH is 1. The molecule has 1 aliphatic rings. The predicted molar refractivity (Wildman–Crippen MR) is 79.8 cm³/mol. The molecule has 1 aromatic rings. The van der Waals surface area contributed by atoms with E-state index in [1.807, 2.05) is 25.9 Å². The minimum absolute atomic E-state index is 0.0933. The number of aryl methyl sites for hydroxylation is 1. The lowest BCUT2D eigenvalue weighted by Crippen LogP contribution is -2.30. The molecule has 0 amide bonds. The Morgan fingerprint density at radius 2 is 2.32 bits per heavy atom. The van der Waals surface area contributed by atoms with Gasteiger partial charge in [0.25, 0.3) is 0 Å². The standard InChI is InChI=1S/C14H19N3OS/c1-14(8-18)7-5-6-10-11(14)12(15-2)13(19-10)16-9-17(3)4/h9,18H,5-8H2,1,3-4H3/b16-9+/t14-/m1/s1. The van der Waals surface area contributed by atoms with Crippen LogP contribution >= 0.6 is 11.3 Å². The third-order valence-electron chi connectivity index (χ3n) is 3.54. The molecule has 0 unspecified atom stereocenters. The first kappa shape index (κ1) is 14.0. The van der Waals surface area contributed by atoms with Crippen LogP contribution in [-0.4, -0.2) is 37.0 Å². The third-order valence-corrected chi connectivity index (χ3v) is 4.69. The molecule has 0 saturated carbocycles. The van der Waals surface area contributed by atoms with Gasteiger partial charge in [0.05, 0.1) is 19.5 Å². The molecule has 0 aliphatic heterocycles. The van der Waals surface area contributed by atoms with Crippen LogP contribution in [-0.2, 0) is 11.8 Å². The molecular weight excluding hydrogens is 258 g/mol. The lowest BCUT2D eigenvalue weighted by molar-refractivity contribution is 0.190. The van der Waals surface area contributed by atoms with E-state index in [-0.39, 0.29) is 12.0 Å². The number of aliphatic imine (C=N–C) groups is 1. The topological polar surface area (TPSA) is 40.2 Å². The van der Waals surface area contributed by atoms with Gasteiger partial charge in [-0.15, -0.1) is 11.3 Å². The van der Waals surface area contributed by atoms with Gasteiger partial charge in [-0.05, 0) is 29.7 Å². The highest BCUT2D eigenvalue weighted by atomic mass is 32.1. The average Bonchev–Trinajstić information content (AvgIpc) is 2.75. The maximum atomic E-state index is 9.70. The van der Waals surface area contributed by atoms with Crippen molar-refractivity contribution in [2.24, 2.45) is 4.99 Å². The quantitative estimate of drug-likeness (QED) is 0.524. The van der Waals surface area contributed by atoms with Crippen LogP contribution in [0.2, 0.25) is 0 Å². The Bertz CT molecular complexity index is 542. The monoisotopic (exact) mass is 277 g/mol. The summed E-state index contributed by atoms with van der Waals surface area (Å²) in [5.41, 5.74) is 1.39. The smallest absolute Gasteiger partial charge is 0.227 e. The number of aliphatic hydroxyl groups is 1. The summed E-state index contributed by atoms with van der Waals surface area (Å²) in [5.74, 6) is 0. The van der Waals surface area contributed by atoms with Crippen LogP contribution in [0.1, 0.15) is 30.2 Å². The summed E-state index contributed by atoms with van der Waals surface area (Å²) in [4.78, 5) is 11.2. The van der Waals surface area contributed by atoms with Gasteiger partial charge in [-0.25, -0.2) is 9.84 Å². The van der Waals surface area contributed by atoms with E-state index < -0.39 is 0 Å². The first-order valence-electron chi connectivity index (χ1n) is 6.37. The largest absolute Gasteiger partial charge is 0.396 e. The summed E-state index contributed by atoms with van der Waals surface area (Å²) in [7, 11) is 3.82. The summed E-state index contributed by atoms with van der Waals surface area (Å²) in [6, 6.07) is 0. The Kier molecular flexibility index (Phi) is 3.93. The Labute approximate surface area is 118 Å². The fraction of sp³-hybridized carbons (Fsp3) is 0.571. The molecule has 0 aromatic carbocycles. The highest BCUT2D eigenvalue weighted by Crippen LogP contribution is 2.51. The fourth-order valence-corrected chi connectivity index (χ4v) is 3.80. The lowest BCUT2D eigenvalue weighted by atomic mass is 9.74. The predicted octanol–water partition coefficient (Wildman–Crippen LogP) is 3.11. The van der Waals surface area contributed by atoms with Crippen molar-refractivity contribution in [1.29, 1.82) is 0 Å². The first-order chi connectivity index (χ1) is 9.01. The maximum Gasteiger partial charge on any atom is 0.227 e. The van der Waals surface area contributed by atoms with E-state index in [1.54, 1.807) is 17.7 Å². The van der Waals surface area contributed by atoms with Crippen molar-refractivity contribution in [2.75, 3.05) is 20.7 Å². The zero-order valence-electron chi connectivity index (χ0n) is 11.6. The number of nitrogens with zero attached hydrogens (tertiary/aromatic N) is 3. The summed E-state index contributed by atoms with van der Waals surface area (Å²) in [6.45, 7) is 9.58. The SMILES string of the molecule is [C-]#[N+]c1c(/N=C/N(C)C)sc2c1[C@@](C)(CO)CCC2. The number of fused-ring (bicyclic) bond motifs is 1. The van der Waals surface area contributed by atoms with Gasteiger partial charge in [-0.3, -0.25) is 0 Å². The van der Waals surface area contributed by atoms with E-state index in [2.05, 4.69) is 9.84 Å². The molecule has 4 nitrogen and oxygen atoms in total. The van der Waals surface area contributed by atoms with Crippen molar-refractivity contribution >= 4 is 28.4 Å². The van der Waals surface area contributed by atoms with Crippen molar-refractivity contribution in [1.82, 2.24) is 4.90 Å². The molecule has 0 saturated heterocycles. The van der Waals surface area contributed by atoms with Gasteiger partial charge in [-0.1, -0.05) is 6.92 Å². The van der Waals surface area contributed by atoms with Crippen molar-refractivity contribution in [3.05, 3.63) is 21.9 Å². The van der Waals surface area contributed by atoms with Crippen molar-refractivity contribution < 1.29 is 5.11 Å². The normalized spacial score (nSPS) is 22.3. The van der Waals surface area contributed by atoms with Gasteiger partial charge in [0, 0.05) is 19.5 Å². The van der Waals surface area contributed by atoms with E-state index in [0.717, 1.165) is 29.8 Å². The van der Waals surface area contributed by atoms with E-state index in [9.17, 15) is 5.11 Å². The highest BCUT2D eigenvalue weighted by Gasteiger charge is 2.36. The van der Waals surface area contributed by atoms with Crippen LogP contribution in [0.25, 0.3) is 4.85 Å². The number of hydrogen-bond donors (Lipinski definition) is 1. The lowest BCUT2D eigenvalue weighted by Gasteiger charge is -2.32. The zero-order chi connectivity index (χ0) is 14.0. The third kappa shape index (κ3) is 2.51. The Hall–Kier alpha value is -1.38. The van der Waals surface area contributed by atoms with E-state index in [0.29, 0.717) is 5.69 Å². The van der Waals surface area contributed by atoms with Gasteiger partial charge in [0.15, 0.2) is 0 Å². The van der Waals surface area contributed by atoms with Crippen LogP contribution in [0, 0.1) is 6.57 Å². The minimum Gasteiger partial charge on any atom is -0.396 e. The molecule has 1 aromatic heterocycles. The number of rotatable bonds is 3. The zero-order valence-corrected chi connectivity index (χ0v) is 12.4. The molecule has 5 heteroatoms. The van der Waals surface area contributed by atoms with Gasteiger partial charge in [-0.2, -0.15) is 0 Å². The van der Waals surface area contributed by atoms with Crippen LogP contribution in [0.15, 0.2) is 4.99 Å². The second-order valence-electron chi connectivity index (χ2n) is 5.45. The van der Waals surface area contributed by atoms with E-state index in [4.69, 9.17) is 6.57 Å². The van der Waals surface area contributed by atoms with Gasteiger partial charge < -0.3 is 10.0 Å². The number of hydrogen-bond acceptors (Lipinski definition) is 3. The van der Waals surface area contributed by atoms with Crippen LogP contribution in [0.3, 0.4) is 0 Å². The molecule has 1 N–H and O–H groups in total. The van der Waals surface area contributed by atoms with E-state index >= 15 is 0 Å². The van der Waals surface area contributed by atoms with Crippen LogP contribution < -0.4 is 0 Å². The summed E-state index contributed by atoms with van der Waals surface area (Å²) < 4.78 is 0. The maximum absolute atomic E-state index is 9.70. The van der Waals surface area contributed by atoms with Gasteiger partial charge in [0.1, 0.15) is 5.00 Å². The molecule has 0 fully saturated rings. The van der Waals surface area contributed by atoms with Gasteiger partial charge >= 0.3 is 0 Å². The number of thiophene rings is 1. The summed E-state index contributed by atoms with van der Waals surface area (Å²) >= 11 is 1.60. The fourth-order valence-electron chi connectivity index (χ4n) is 2.53. The molecule has 0 radical (unpaired) electrons. The molecule has 19 heavy (non-hydrogen) atoms. The molecular formula is C14H19N3OS. The Balaban J connectivity index is 2.54. The van der Waals surface area contributed by atoms with Crippen molar-refractivity contribution in [2.45, 2.75) is 31.6 Å². The van der Waals surface area contributed by atoms with Gasteiger partial charge in [0.2, 0.25) is 5.69 Å². The average molecular weight is 277 g/mol. The van der Waals surface area contributed by atoms with Crippen LogP contribution in [0.4, 0.5) is 10.7 Å².